The molecule has 0 aromatic carbocycles. The van der Waals surface area contributed by atoms with Gasteiger partial charge in [-0.1, -0.05) is 0 Å². The fourth-order valence-corrected chi connectivity index (χ4v) is 2.14. The second-order valence-electron chi connectivity index (χ2n) is 3.99. The summed E-state index contributed by atoms with van der Waals surface area (Å²) in [4.78, 5) is 11.1. The third-order valence-electron chi connectivity index (χ3n) is 3.06. The molecule has 2 aliphatic rings. The van der Waals surface area contributed by atoms with Crippen LogP contribution < -0.4 is 5.32 Å². The Morgan fingerprint density at radius 3 is 2.67 bits per heavy atom. The van der Waals surface area contributed by atoms with Gasteiger partial charge in [-0.05, 0) is 0 Å². The maximum absolute atomic E-state index is 11.1. The standard InChI is InChI=1S/C8H13NO6/c10-2-8-1-3(9-7(14)15-8)4(11)5(12)6(8)13/h3-6,10-13H,1-2H2,(H,9,14)/t3-,4-,5+,6-,8-/m0/s1. The van der Waals surface area contributed by atoms with Gasteiger partial charge >= 0.3 is 6.09 Å². The van der Waals surface area contributed by atoms with E-state index in [4.69, 9.17) is 9.84 Å². The van der Waals surface area contributed by atoms with Gasteiger partial charge in [-0.15, -0.1) is 0 Å². The normalized spacial score (nSPS) is 49.5. The first-order valence-corrected chi connectivity index (χ1v) is 4.65. The first-order valence-electron chi connectivity index (χ1n) is 4.65. The van der Waals surface area contributed by atoms with Crippen molar-refractivity contribution >= 4 is 6.09 Å². The number of amides is 1. The number of fused-ring (bicyclic) bond motifs is 2. The molecule has 1 saturated heterocycles. The highest BCUT2D eigenvalue weighted by Crippen LogP contribution is 2.35. The van der Waals surface area contributed by atoms with Crippen molar-refractivity contribution in [1.82, 2.24) is 5.32 Å². The van der Waals surface area contributed by atoms with Crippen molar-refractivity contribution in [3.8, 4) is 0 Å². The highest BCUT2D eigenvalue weighted by atomic mass is 16.6. The molecule has 0 aromatic heterocycles. The van der Waals surface area contributed by atoms with E-state index in [-0.39, 0.29) is 6.42 Å². The summed E-state index contributed by atoms with van der Waals surface area (Å²) in [6.45, 7) is -0.595. The van der Waals surface area contributed by atoms with Gasteiger partial charge in [-0.25, -0.2) is 4.79 Å². The molecule has 0 radical (unpaired) electrons. The molecule has 86 valence electrons. The number of rotatable bonds is 1. The molecule has 5 N–H and O–H groups in total. The zero-order valence-electron chi connectivity index (χ0n) is 7.83. The molecular formula is C8H13NO6. The van der Waals surface area contributed by atoms with Crippen LogP contribution in [0.15, 0.2) is 0 Å². The van der Waals surface area contributed by atoms with E-state index in [9.17, 15) is 20.1 Å². The van der Waals surface area contributed by atoms with Crippen LogP contribution in [0.5, 0.6) is 0 Å². The lowest BCUT2D eigenvalue weighted by atomic mass is 9.75. The van der Waals surface area contributed by atoms with Crippen LogP contribution in [0.1, 0.15) is 6.42 Å². The molecule has 1 amide bonds. The molecule has 2 fully saturated rings. The van der Waals surface area contributed by atoms with Gasteiger partial charge < -0.3 is 30.5 Å². The molecular weight excluding hydrogens is 206 g/mol. The zero-order valence-corrected chi connectivity index (χ0v) is 7.83. The second kappa shape index (κ2) is 3.31. The van der Waals surface area contributed by atoms with Gasteiger partial charge in [0.2, 0.25) is 0 Å². The van der Waals surface area contributed by atoms with Crippen LogP contribution in [-0.4, -0.2) is 63.1 Å². The number of carbonyl (C=O) groups is 1. The number of nitrogens with one attached hydrogen (secondary N) is 1. The fraction of sp³-hybridized carbons (Fsp3) is 0.875. The Morgan fingerprint density at radius 1 is 1.40 bits per heavy atom. The van der Waals surface area contributed by atoms with Crippen LogP contribution in [0.2, 0.25) is 0 Å². The number of ether oxygens (including phenoxy) is 1. The maximum atomic E-state index is 11.1. The molecule has 2 bridgehead atoms. The van der Waals surface area contributed by atoms with Crippen molar-refractivity contribution in [2.45, 2.75) is 36.4 Å². The van der Waals surface area contributed by atoms with Gasteiger partial charge in [0.25, 0.3) is 0 Å². The van der Waals surface area contributed by atoms with Crippen molar-refractivity contribution in [2.75, 3.05) is 6.61 Å². The molecule has 5 atom stereocenters. The number of alkyl carbamates (subject to hydrolysis) is 1. The summed E-state index contributed by atoms with van der Waals surface area (Å²) in [7, 11) is 0. The predicted molar refractivity (Wildman–Crippen MR) is 45.9 cm³/mol. The summed E-state index contributed by atoms with van der Waals surface area (Å²) >= 11 is 0. The van der Waals surface area contributed by atoms with Gasteiger partial charge in [0, 0.05) is 6.42 Å². The zero-order chi connectivity index (χ0) is 11.2. The van der Waals surface area contributed by atoms with E-state index < -0.39 is 42.7 Å². The summed E-state index contributed by atoms with van der Waals surface area (Å²) in [6.07, 6.45) is -4.94. The topological polar surface area (TPSA) is 119 Å². The lowest BCUT2D eigenvalue weighted by Gasteiger charge is -2.50. The smallest absolute Gasteiger partial charge is 0.408 e. The number of carbonyl (C=O) groups excluding carboxylic acids is 1. The second-order valence-corrected chi connectivity index (χ2v) is 3.99. The van der Waals surface area contributed by atoms with E-state index in [1.54, 1.807) is 0 Å². The minimum Gasteiger partial charge on any atom is -0.438 e. The lowest BCUT2D eigenvalue weighted by Crippen LogP contribution is -2.72. The maximum Gasteiger partial charge on any atom is 0.408 e. The van der Waals surface area contributed by atoms with Crippen LogP contribution >= 0.6 is 0 Å². The Balaban J connectivity index is 2.32. The third-order valence-corrected chi connectivity index (χ3v) is 3.06. The summed E-state index contributed by atoms with van der Waals surface area (Å²) in [5.74, 6) is 0. The highest BCUT2D eigenvalue weighted by Gasteiger charge is 2.57. The Kier molecular flexibility index (Phi) is 2.34. The van der Waals surface area contributed by atoms with Crippen LogP contribution in [0.4, 0.5) is 4.79 Å². The molecule has 1 saturated carbocycles. The van der Waals surface area contributed by atoms with E-state index in [1.807, 2.05) is 0 Å². The molecule has 15 heavy (non-hydrogen) atoms. The molecule has 0 unspecified atom stereocenters. The number of hydrogen-bond donors (Lipinski definition) is 5. The van der Waals surface area contributed by atoms with Gasteiger partial charge in [-0.3, -0.25) is 0 Å². The van der Waals surface area contributed by atoms with E-state index >= 15 is 0 Å². The third kappa shape index (κ3) is 1.39. The van der Waals surface area contributed by atoms with Crippen molar-refractivity contribution in [2.24, 2.45) is 0 Å². The van der Waals surface area contributed by atoms with Crippen LogP contribution in [0, 0.1) is 0 Å². The van der Waals surface area contributed by atoms with Crippen LogP contribution in [0.3, 0.4) is 0 Å². The molecule has 0 spiro atoms. The highest BCUT2D eigenvalue weighted by molar-refractivity contribution is 5.69. The number of aliphatic hydroxyl groups excluding tert-OH is 4. The van der Waals surface area contributed by atoms with Gasteiger partial charge in [0.1, 0.15) is 18.3 Å². The molecule has 1 aliphatic carbocycles. The molecule has 7 heteroatoms. The van der Waals surface area contributed by atoms with E-state index in [1.165, 1.54) is 0 Å². The summed E-state index contributed by atoms with van der Waals surface area (Å²) in [5, 5.41) is 40.1. The average molecular weight is 219 g/mol. The Hall–Kier alpha value is -0.890. The molecule has 7 nitrogen and oxygen atoms in total. The van der Waals surface area contributed by atoms with Crippen molar-refractivity contribution in [1.29, 1.82) is 0 Å². The molecule has 1 aliphatic heterocycles. The first kappa shape index (κ1) is 10.6. The minimum absolute atomic E-state index is 0.0641. The minimum atomic E-state index is -1.51. The number of aliphatic hydroxyl groups is 4. The van der Waals surface area contributed by atoms with Crippen molar-refractivity contribution in [3.05, 3.63) is 0 Å². The van der Waals surface area contributed by atoms with Gasteiger partial charge in [0.05, 0.1) is 12.6 Å². The molecule has 2 rings (SSSR count). The average Bonchev–Trinajstić information content (AvgIpc) is 2.23. The monoisotopic (exact) mass is 219 g/mol. The van der Waals surface area contributed by atoms with Crippen LogP contribution in [-0.2, 0) is 4.74 Å². The first-order chi connectivity index (χ1) is 7.00. The SMILES string of the molecule is O=C1N[C@H]2C[C@@](CO)(O1)[C@@H](O)[C@H](O)[C@H]2O. The molecule has 1 heterocycles. The summed E-state index contributed by atoms with van der Waals surface area (Å²) in [5.41, 5.74) is -1.51. The lowest BCUT2D eigenvalue weighted by molar-refractivity contribution is -0.219. The van der Waals surface area contributed by atoms with E-state index in [0.29, 0.717) is 0 Å². The van der Waals surface area contributed by atoms with Crippen LogP contribution in [0.25, 0.3) is 0 Å². The summed E-state index contributed by atoms with van der Waals surface area (Å²) < 4.78 is 4.80. The quantitative estimate of drug-likeness (QED) is 0.328. The van der Waals surface area contributed by atoms with E-state index in [2.05, 4.69) is 5.32 Å². The Labute approximate surface area is 85.3 Å². The Bertz CT molecular complexity index is 284. The van der Waals surface area contributed by atoms with Crippen molar-refractivity contribution < 1.29 is 30.0 Å². The molecule has 0 aromatic rings. The van der Waals surface area contributed by atoms with Gasteiger partial charge in [0.15, 0.2) is 5.60 Å². The van der Waals surface area contributed by atoms with E-state index in [0.717, 1.165) is 0 Å². The van der Waals surface area contributed by atoms with Gasteiger partial charge in [-0.2, -0.15) is 0 Å². The Morgan fingerprint density at radius 2 is 2.07 bits per heavy atom. The summed E-state index contributed by atoms with van der Waals surface area (Å²) in [6, 6.07) is -0.711. The predicted octanol–water partition coefficient (Wildman–Crippen LogP) is -2.69. The van der Waals surface area contributed by atoms with Crippen molar-refractivity contribution in [3.63, 3.8) is 0 Å². The number of hydrogen-bond acceptors (Lipinski definition) is 6. The largest absolute Gasteiger partial charge is 0.438 e. The fourth-order valence-electron chi connectivity index (χ4n) is 2.14.